The minimum atomic E-state index is -4.28. The Balaban J connectivity index is 2.01. The summed E-state index contributed by atoms with van der Waals surface area (Å²) in [6, 6.07) is 7.20. The van der Waals surface area contributed by atoms with Crippen molar-refractivity contribution in [1.29, 1.82) is 5.26 Å². The van der Waals surface area contributed by atoms with Gasteiger partial charge in [0.05, 0.1) is 17.6 Å². The number of alkyl halides is 3. The Labute approximate surface area is 152 Å². The van der Waals surface area contributed by atoms with Gasteiger partial charge in [-0.1, -0.05) is 26.0 Å². The van der Waals surface area contributed by atoms with Gasteiger partial charge in [0.1, 0.15) is 0 Å². The minimum Gasteiger partial charge on any atom is -0.198 e. The van der Waals surface area contributed by atoms with E-state index in [4.69, 9.17) is 5.26 Å². The van der Waals surface area contributed by atoms with E-state index in [-0.39, 0.29) is 38.4 Å². The van der Waals surface area contributed by atoms with Crippen LogP contribution in [0.25, 0.3) is 0 Å². The van der Waals surface area contributed by atoms with Crippen molar-refractivity contribution in [2.75, 3.05) is 13.1 Å². The van der Waals surface area contributed by atoms with Gasteiger partial charge >= 0.3 is 6.18 Å². The zero-order valence-corrected chi connectivity index (χ0v) is 15.5. The van der Waals surface area contributed by atoms with Crippen LogP contribution in [0.3, 0.4) is 0 Å². The molecule has 1 N–H and O–H groups in total. The van der Waals surface area contributed by atoms with E-state index in [0.29, 0.717) is 11.1 Å². The summed E-state index contributed by atoms with van der Waals surface area (Å²) in [5, 5.41) is 9.12. The van der Waals surface area contributed by atoms with Gasteiger partial charge in [-0.25, -0.2) is 0 Å². The first-order valence-electron chi connectivity index (χ1n) is 8.39. The summed E-state index contributed by atoms with van der Waals surface area (Å²) in [6.45, 7) is 3.60. The number of piperidine rings is 1. The molecule has 0 bridgehead atoms. The summed E-state index contributed by atoms with van der Waals surface area (Å²) in [7, 11) is -3.85. The minimum absolute atomic E-state index is 0.0208. The monoisotopic (exact) mass is 389 g/mol. The Hall–Kier alpha value is -1.63. The number of hydrogen-bond acceptors (Lipinski definition) is 3. The van der Waals surface area contributed by atoms with Gasteiger partial charge in [0.25, 0.3) is 10.2 Å². The average molecular weight is 389 g/mol. The molecule has 2 rings (SSSR count). The van der Waals surface area contributed by atoms with Crippen LogP contribution in [0.4, 0.5) is 13.2 Å². The molecule has 1 saturated heterocycles. The molecule has 0 amide bonds. The summed E-state index contributed by atoms with van der Waals surface area (Å²) >= 11 is 0. The van der Waals surface area contributed by atoms with Gasteiger partial charge < -0.3 is 0 Å². The van der Waals surface area contributed by atoms with Gasteiger partial charge in [0.2, 0.25) is 0 Å². The van der Waals surface area contributed by atoms with Crippen LogP contribution < -0.4 is 4.72 Å². The Morgan fingerprint density at radius 3 is 2.42 bits per heavy atom. The van der Waals surface area contributed by atoms with Gasteiger partial charge in [-0.05, 0) is 36.0 Å². The van der Waals surface area contributed by atoms with Crippen molar-refractivity contribution in [2.45, 2.75) is 45.3 Å². The molecule has 9 heteroatoms. The van der Waals surface area contributed by atoms with Crippen LogP contribution >= 0.6 is 0 Å². The van der Waals surface area contributed by atoms with Crippen LogP contribution in [0.5, 0.6) is 0 Å². The molecule has 0 atom stereocenters. The highest BCUT2D eigenvalue weighted by Gasteiger charge is 2.42. The van der Waals surface area contributed by atoms with Crippen molar-refractivity contribution in [2.24, 2.45) is 5.92 Å². The molecule has 1 aliphatic rings. The van der Waals surface area contributed by atoms with E-state index in [1.54, 1.807) is 18.2 Å². The van der Waals surface area contributed by atoms with Gasteiger partial charge in [0, 0.05) is 19.6 Å². The number of hydrogen-bond donors (Lipinski definition) is 1. The molecule has 26 heavy (non-hydrogen) atoms. The van der Waals surface area contributed by atoms with E-state index < -0.39 is 22.3 Å². The molecule has 0 spiro atoms. The molecule has 1 aliphatic heterocycles. The molecule has 1 aromatic carbocycles. The van der Waals surface area contributed by atoms with Gasteiger partial charge in [0.15, 0.2) is 0 Å². The maximum Gasteiger partial charge on any atom is 0.391 e. The standard InChI is InChI=1S/C17H22F3N3O2S/c1-12(2)16-9-13(3-4-14(16)10-21)11-22-26(24,25)23-7-5-15(6-8-23)17(18,19)20/h3-4,9,12,15,22H,5-8,11H2,1-2H3. The van der Waals surface area contributed by atoms with Crippen molar-refractivity contribution in [1.82, 2.24) is 9.03 Å². The second kappa shape index (κ2) is 7.94. The zero-order chi connectivity index (χ0) is 19.5. The topological polar surface area (TPSA) is 73.2 Å². The molecule has 144 valence electrons. The number of nitrogens with zero attached hydrogens (tertiary/aromatic N) is 2. The Morgan fingerprint density at radius 1 is 1.31 bits per heavy atom. The third kappa shape index (κ3) is 4.96. The van der Waals surface area contributed by atoms with Crippen molar-refractivity contribution in [3.63, 3.8) is 0 Å². The number of nitriles is 1. The second-order valence-electron chi connectivity index (χ2n) is 6.73. The van der Waals surface area contributed by atoms with E-state index in [2.05, 4.69) is 10.8 Å². The molecule has 1 aromatic rings. The van der Waals surface area contributed by atoms with Crippen molar-refractivity contribution >= 4 is 10.2 Å². The summed E-state index contributed by atoms with van der Waals surface area (Å²) in [4.78, 5) is 0. The third-order valence-corrected chi connectivity index (χ3v) is 6.13. The smallest absolute Gasteiger partial charge is 0.198 e. The lowest BCUT2D eigenvalue weighted by molar-refractivity contribution is -0.182. The first-order valence-corrected chi connectivity index (χ1v) is 9.83. The molecule has 1 heterocycles. The quantitative estimate of drug-likeness (QED) is 0.840. The number of halogens is 3. The summed E-state index contributed by atoms with van der Waals surface area (Å²) in [5.41, 5.74) is 2.07. The predicted octanol–water partition coefficient (Wildman–Crippen LogP) is 3.29. The number of rotatable bonds is 5. The fraction of sp³-hybridized carbons (Fsp3) is 0.588. The van der Waals surface area contributed by atoms with Crippen LogP contribution in [0.1, 0.15) is 49.3 Å². The van der Waals surface area contributed by atoms with Crippen LogP contribution in [0.2, 0.25) is 0 Å². The molecule has 0 radical (unpaired) electrons. The molecular formula is C17H22F3N3O2S. The highest BCUT2D eigenvalue weighted by Crippen LogP contribution is 2.34. The first-order chi connectivity index (χ1) is 12.0. The SMILES string of the molecule is CC(C)c1cc(CNS(=O)(=O)N2CCC(C(F)(F)F)CC2)ccc1C#N. The summed E-state index contributed by atoms with van der Waals surface area (Å²) < 4.78 is 66.2. The zero-order valence-electron chi connectivity index (χ0n) is 14.7. The lowest BCUT2D eigenvalue weighted by Crippen LogP contribution is -2.46. The molecule has 5 nitrogen and oxygen atoms in total. The fourth-order valence-corrected chi connectivity index (χ4v) is 4.21. The second-order valence-corrected chi connectivity index (χ2v) is 8.48. The first kappa shape index (κ1) is 20.7. The number of nitrogens with one attached hydrogen (secondary N) is 1. The van der Waals surface area contributed by atoms with E-state index in [0.717, 1.165) is 9.87 Å². The molecule has 0 unspecified atom stereocenters. The predicted molar refractivity (Wildman–Crippen MR) is 91.4 cm³/mol. The van der Waals surface area contributed by atoms with E-state index in [1.807, 2.05) is 13.8 Å². The molecule has 0 aliphatic carbocycles. The highest BCUT2D eigenvalue weighted by molar-refractivity contribution is 7.87. The van der Waals surface area contributed by atoms with Crippen molar-refractivity contribution in [3.05, 3.63) is 34.9 Å². The molecule has 0 saturated carbocycles. The highest BCUT2D eigenvalue weighted by atomic mass is 32.2. The van der Waals surface area contributed by atoms with Crippen LogP contribution in [0, 0.1) is 17.2 Å². The molecular weight excluding hydrogens is 367 g/mol. The van der Waals surface area contributed by atoms with Crippen molar-refractivity contribution < 1.29 is 21.6 Å². The third-order valence-electron chi connectivity index (χ3n) is 4.57. The lowest BCUT2D eigenvalue weighted by Gasteiger charge is -2.32. The summed E-state index contributed by atoms with van der Waals surface area (Å²) in [5.74, 6) is -1.33. The summed E-state index contributed by atoms with van der Waals surface area (Å²) in [6.07, 6.45) is -4.73. The van der Waals surface area contributed by atoms with Crippen molar-refractivity contribution in [3.8, 4) is 6.07 Å². The van der Waals surface area contributed by atoms with Gasteiger partial charge in [-0.3, -0.25) is 0 Å². The number of benzene rings is 1. The Morgan fingerprint density at radius 2 is 1.92 bits per heavy atom. The fourth-order valence-electron chi connectivity index (χ4n) is 2.99. The van der Waals surface area contributed by atoms with Crippen LogP contribution in [-0.2, 0) is 16.8 Å². The maximum atomic E-state index is 12.7. The molecule has 0 aromatic heterocycles. The van der Waals surface area contributed by atoms with Crippen LogP contribution in [-0.4, -0.2) is 32.0 Å². The van der Waals surface area contributed by atoms with Crippen LogP contribution in [0.15, 0.2) is 18.2 Å². The molecule has 1 fully saturated rings. The normalized spacial score (nSPS) is 17.4. The average Bonchev–Trinajstić information content (AvgIpc) is 2.59. The largest absolute Gasteiger partial charge is 0.391 e. The maximum absolute atomic E-state index is 12.7. The van der Waals surface area contributed by atoms with E-state index in [1.165, 1.54) is 0 Å². The lowest BCUT2D eigenvalue weighted by atomic mass is 9.96. The Bertz CT molecular complexity index is 777. The van der Waals surface area contributed by atoms with E-state index >= 15 is 0 Å². The van der Waals surface area contributed by atoms with Gasteiger partial charge in [-0.2, -0.15) is 35.9 Å². The Kier molecular flexibility index (Phi) is 6.32. The van der Waals surface area contributed by atoms with E-state index in [9.17, 15) is 21.6 Å². The van der Waals surface area contributed by atoms with Gasteiger partial charge in [-0.15, -0.1) is 0 Å².